The number of benzene rings is 1. The fourth-order valence-electron chi connectivity index (χ4n) is 3.09. The first-order chi connectivity index (χ1) is 10.0. The van der Waals surface area contributed by atoms with Crippen molar-refractivity contribution >= 4 is 27.2 Å². The summed E-state index contributed by atoms with van der Waals surface area (Å²) in [5.41, 5.74) is 1.02. The van der Waals surface area contributed by atoms with E-state index in [2.05, 4.69) is 5.32 Å². The summed E-state index contributed by atoms with van der Waals surface area (Å²) in [6, 6.07) is 5.58. The Morgan fingerprint density at radius 3 is 2.95 bits per heavy atom. The van der Waals surface area contributed by atoms with Crippen molar-refractivity contribution in [1.82, 2.24) is 10.2 Å². The molecule has 8 heteroatoms. The monoisotopic (exact) mass is 326 g/mol. The van der Waals surface area contributed by atoms with Gasteiger partial charge in [0.25, 0.3) is 0 Å². The molecule has 21 heavy (non-hydrogen) atoms. The first-order valence-electron chi connectivity index (χ1n) is 6.68. The fourth-order valence-corrected chi connectivity index (χ4v) is 5.36. The molecule has 0 saturated carbocycles. The zero-order valence-corrected chi connectivity index (χ0v) is 12.7. The average Bonchev–Trinajstić information content (AvgIpc) is 3.05. The van der Waals surface area contributed by atoms with E-state index in [0.717, 1.165) is 17.1 Å². The van der Waals surface area contributed by atoms with E-state index in [-0.39, 0.29) is 30.4 Å². The standard InChI is InChI=1S/C13H14N2O4S2/c16-21(17)5-9-10(6-21)15(13(20)14-9)4-8-1-2-11-12(3-8)19-7-18-11/h1-3,9-10H,4-7H2,(H,14,20)/t9-,10-/m1/s1. The Kier molecular flexibility index (Phi) is 2.80. The van der Waals surface area contributed by atoms with Crippen LogP contribution in [0.25, 0.3) is 0 Å². The first-order valence-corrected chi connectivity index (χ1v) is 8.91. The minimum Gasteiger partial charge on any atom is -0.454 e. The van der Waals surface area contributed by atoms with Crippen LogP contribution in [0.3, 0.4) is 0 Å². The second-order valence-corrected chi connectivity index (χ2v) is 8.06. The third-order valence-electron chi connectivity index (χ3n) is 4.08. The molecule has 4 rings (SSSR count). The van der Waals surface area contributed by atoms with Crippen LogP contribution in [0.5, 0.6) is 11.5 Å². The second-order valence-electron chi connectivity index (χ2n) is 5.52. The van der Waals surface area contributed by atoms with Gasteiger partial charge in [0, 0.05) is 6.54 Å². The summed E-state index contributed by atoms with van der Waals surface area (Å²) < 4.78 is 34.2. The van der Waals surface area contributed by atoms with Crippen LogP contribution in [-0.2, 0) is 16.4 Å². The highest BCUT2D eigenvalue weighted by Crippen LogP contribution is 2.34. The number of nitrogens with one attached hydrogen (secondary N) is 1. The molecule has 0 spiro atoms. The summed E-state index contributed by atoms with van der Waals surface area (Å²) in [4.78, 5) is 1.96. The van der Waals surface area contributed by atoms with Crippen LogP contribution in [0.15, 0.2) is 18.2 Å². The van der Waals surface area contributed by atoms with Crippen molar-refractivity contribution in [2.24, 2.45) is 0 Å². The molecular weight excluding hydrogens is 312 g/mol. The molecule has 1 aromatic carbocycles. The highest BCUT2D eigenvalue weighted by atomic mass is 32.2. The summed E-state index contributed by atoms with van der Waals surface area (Å²) >= 11 is 5.33. The van der Waals surface area contributed by atoms with Crippen LogP contribution in [0.2, 0.25) is 0 Å². The second kappa shape index (κ2) is 4.48. The molecule has 2 saturated heterocycles. The Bertz CT molecular complexity index is 719. The molecule has 1 N–H and O–H groups in total. The third-order valence-corrected chi connectivity index (χ3v) is 6.15. The molecule has 3 aliphatic heterocycles. The van der Waals surface area contributed by atoms with Crippen LogP contribution >= 0.6 is 12.2 Å². The zero-order valence-electron chi connectivity index (χ0n) is 11.1. The van der Waals surface area contributed by atoms with Gasteiger partial charge in [-0.1, -0.05) is 6.07 Å². The predicted molar refractivity (Wildman–Crippen MR) is 80.1 cm³/mol. The normalized spacial score (nSPS) is 28.6. The molecule has 6 nitrogen and oxygen atoms in total. The van der Waals surface area contributed by atoms with Gasteiger partial charge in [0.2, 0.25) is 6.79 Å². The molecule has 0 amide bonds. The highest BCUT2D eigenvalue weighted by molar-refractivity contribution is 7.91. The fraction of sp³-hybridized carbons (Fsp3) is 0.462. The van der Waals surface area contributed by atoms with Gasteiger partial charge in [0.15, 0.2) is 26.4 Å². The Labute approximate surface area is 127 Å². The van der Waals surface area contributed by atoms with E-state index in [9.17, 15) is 8.42 Å². The number of hydrogen-bond donors (Lipinski definition) is 1. The van der Waals surface area contributed by atoms with Gasteiger partial charge in [-0.05, 0) is 29.9 Å². The van der Waals surface area contributed by atoms with E-state index in [4.69, 9.17) is 21.7 Å². The van der Waals surface area contributed by atoms with Gasteiger partial charge in [-0.25, -0.2) is 8.42 Å². The van der Waals surface area contributed by atoms with Crippen molar-refractivity contribution in [3.05, 3.63) is 23.8 Å². The zero-order chi connectivity index (χ0) is 14.6. The number of rotatable bonds is 2. The smallest absolute Gasteiger partial charge is 0.231 e. The molecule has 0 aromatic heterocycles. The molecule has 2 atom stereocenters. The van der Waals surface area contributed by atoms with E-state index < -0.39 is 9.84 Å². The summed E-state index contributed by atoms with van der Waals surface area (Å²) in [6.07, 6.45) is 0. The number of hydrogen-bond acceptors (Lipinski definition) is 5. The third kappa shape index (κ3) is 2.22. The minimum absolute atomic E-state index is 0.0760. The van der Waals surface area contributed by atoms with Crippen molar-refractivity contribution < 1.29 is 17.9 Å². The number of ether oxygens (including phenoxy) is 2. The Balaban J connectivity index is 1.57. The number of thiocarbonyl (C=S) groups is 1. The number of nitrogens with zero attached hydrogens (tertiary/aromatic N) is 1. The van der Waals surface area contributed by atoms with Gasteiger partial charge < -0.3 is 19.7 Å². The Morgan fingerprint density at radius 2 is 2.10 bits per heavy atom. The van der Waals surface area contributed by atoms with Gasteiger partial charge in [0.1, 0.15) is 0 Å². The maximum atomic E-state index is 11.8. The maximum Gasteiger partial charge on any atom is 0.231 e. The molecule has 0 unspecified atom stereocenters. The van der Waals surface area contributed by atoms with Crippen LogP contribution in [0, 0.1) is 0 Å². The molecule has 0 bridgehead atoms. The van der Waals surface area contributed by atoms with E-state index in [1.54, 1.807) is 0 Å². The maximum absolute atomic E-state index is 11.8. The molecule has 2 fully saturated rings. The van der Waals surface area contributed by atoms with E-state index in [0.29, 0.717) is 11.7 Å². The predicted octanol–water partition coefficient (Wildman–Crippen LogP) is 0.271. The minimum atomic E-state index is -2.97. The molecule has 3 heterocycles. The van der Waals surface area contributed by atoms with Gasteiger partial charge in [-0.15, -0.1) is 0 Å². The van der Waals surface area contributed by atoms with Gasteiger partial charge >= 0.3 is 0 Å². The van der Waals surface area contributed by atoms with Gasteiger partial charge in [-0.2, -0.15) is 0 Å². The largest absolute Gasteiger partial charge is 0.454 e. The first kappa shape index (κ1) is 13.1. The molecule has 1 aromatic rings. The SMILES string of the molecule is O=S1(=O)C[C@@H]2[C@@H](C1)NC(=S)N2Cc1ccc2c(c1)OCO2. The molecule has 3 aliphatic rings. The van der Waals surface area contributed by atoms with Gasteiger partial charge in [0.05, 0.1) is 23.6 Å². The van der Waals surface area contributed by atoms with E-state index in [1.165, 1.54) is 0 Å². The lowest BCUT2D eigenvalue weighted by atomic mass is 10.1. The van der Waals surface area contributed by atoms with Crippen molar-refractivity contribution in [2.45, 2.75) is 18.6 Å². The lowest BCUT2D eigenvalue weighted by Gasteiger charge is -2.23. The highest BCUT2D eigenvalue weighted by Gasteiger charge is 2.46. The number of fused-ring (bicyclic) bond motifs is 2. The topological polar surface area (TPSA) is 67.9 Å². The molecular formula is C13H14N2O4S2. The molecule has 112 valence electrons. The van der Waals surface area contributed by atoms with Gasteiger partial charge in [-0.3, -0.25) is 0 Å². The average molecular weight is 326 g/mol. The lowest BCUT2D eigenvalue weighted by Crippen LogP contribution is -2.36. The van der Waals surface area contributed by atoms with Crippen molar-refractivity contribution in [2.75, 3.05) is 18.3 Å². The number of sulfone groups is 1. The van der Waals surface area contributed by atoms with Crippen molar-refractivity contribution in [1.29, 1.82) is 0 Å². The summed E-state index contributed by atoms with van der Waals surface area (Å²) in [5.74, 6) is 1.79. The lowest BCUT2D eigenvalue weighted by molar-refractivity contribution is 0.174. The quantitative estimate of drug-likeness (QED) is 0.783. The Hall–Kier alpha value is -1.54. The van der Waals surface area contributed by atoms with Crippen LogP contribution in [0.1, 0.15) is 5.56 Å². The molecule has 0 radical (unpaired) electrons. The molecule has 0 aliphatic carbocycles. The van der Waals surface area contributed by atoms with Crippen LogP contribution in [0.4, 0.5) is 0 Å². The van der Waals surface area contributed by atoms with E-state index in [1.807, 2.05) is 23.1 Å². The van der Waals surface area contributed by atoms with Crippen LogP contribution in [-0.4, -0.2) is 48.8 Å². The van der Waals surface area contributed by atoms with Crippen molar-refractivity contribution in [3.8, 4) is 11.5 Å². The summed E-state index contributed by atoms with van der Waals surface area (Å²) in [6.45, 7) is 0.810. The van der Waals surface area contributed by atoms with Crippen molar-refractivity contribution in [3.63, 3.8) is 0 Å². The van der Waals surface area contributed by atoms with E-state index >= 15 is 0 Å². The summed E-state index contributed by atoms with van der Waals surface area (Å²) in [7, 11) is -2.97. The van der Waals surface area contributed by atoms with Crippen LogP contribution < -0.4 is 14.8 Å². The Morgan fingerprint density at radius 1 is 1.29 bits per heavy atom. The summed E-state index contributed by atoms with van der Waals surface area (Å²) in [5, 5.41) is 3.74.